The van der Waals surface area contributed by atoms with Crippen molar-refractivity contribution in [3.05, 3.63) is 17.8 Å². The Balaban J connectivity index is 1.88. The van der Waals surface area contributed by atoms with Gasteiger partial charge in [0.2, 0.25) is 0 Å². The summed E-state index contributed by atoms with van der Waals surface area (Å²) in [5.74, 6) is 0. The number of hydrogen-bond acceptors (Lipinski definition) is 4. The fraction of sp³-hybridized carbons (Fsp3) is 0.583. The van der Waals surface area contributed by atoms with Gasteiger partial charge in [0.05, 0.1) is 6.33 Å². The van der Waals surface area contributed by atoms with E-state index in [2.05, 4.69) is 31.5 Å². The molecular weight excluding hydrogens is 250 g/mol. The van der Waals surface area contributed by atoms with E-state index >= 15 is 0 Å². The lowest BCUT2D eigenvalue weighted by Gasteiger charge is -2.32. The Labute approximate surface area is 111 Å². The molecule has 0 bridgehead atoms. The van der Waals surface area contributed by atoms with E-state index in [1.54, 1.807) is 0 Å². The van der Waals surface area contributed by atoms with Gasteiger partial charge in [0.25, 0.3) is 0 Å². The number of rotatable bonds is 2. The predicted octanol–water partition coefficient (Wildman–Crippen LogP) is 1.96. The summed E-state index contributed by atoms with van der Waals surface area (Å²) in [7, 11) is 2.19. The fourth-order valence-corrected chi connectivity index (χ4v) is 2.76. The molecule has 2 aromatic heterocycles. The van der Waals surface area contributed by atoms with Crippen LogP contribution in [0.1, 0.15) is 19.3 Å². The zero-order valence-electron chi connectivity index (χ0n) is 10.4. The molecule has 0 N–H and O–H groups in total. The zero-order valence-corrected chi connectivity index (χ0v) is 11.1. The quantitative estimate of drug-likeness (QED) is 0.779. The molecule has 0 unspecified atom stereocenters. The second kappa shape index (κ2) is 4.82. The maximum Gasteiger partial charge on any atom is 0.164 e. The number of piperidine rings is 1. The van der Waals surface area contributed by atoms with E-state index in [-0.39, 0.29) is 0 Å². The molecular formula is C12H16ClN5. The monoisotopic (exact) mass is 265 g/mol. The third kappa shape index (κ3) is 2.08. The van der Waals surface area contributed by atoms with Gasteiger partial charge in [-0.3, -0.25) is 0 Å². The number of likely N-dealkylation sites (N-methyl/N-ethyl adjacent to an activating group) is 1. The molecule has 0 radical (unpaired) electrons. The summed E-state index contributed by atoms with van der Waals surface area (Å²) in [4.78, 5) is 14.9. The van der Waals surface area contributed by atoms with E-state index in [9.17, 15) is 0 Å². The van der Waals surface area contributed by atoms with Crippen LogP contribution in [0.15, 0.2) is 12.7 Å². The van der Waals surface area contributed by atoms with Crippen molar-refractivity contribution in [2.75, 3.05) is 13.6 Å². The Bertz CT molecular complexity index is 552. The summed E-state index contributed by atoms with van der Waals surface area (Å²) in [5, 5.41) is 0.427. The average molecular weight is 266 g/mol. The summed E-state index contributed by atoms with van der Waals surface area (Å²) < 4.78 is 2.08. The topological polar surface area (TPSA) is 46.8 Å². The van der Waals surface area contributed by atoms with Crippen molar-refractivity contribution in [2.45, 2.75) is 31.8 Å². The number of nitrogens with zero attached hydrogens (tertiary/aromatic N) is 5. The molecule has 6 heteroatoms. The van der Waals surface area contributed by atoms with E-state index in [4.69, 9.17) is 11.6 Å². The van der Waals surface area contributed by atoms with Gasteiger partial charge in [0.1, 0.15) is 11.8 Å². The Morgan fingerprint density at radius 2 is 2.22 bits per heavy atom. The minimum Gasteiger partial charge on any atom is -0.314 e. The predicted molar refractivity (Wildman–Crippen MR) is 70.6 cm³/mol. The summed E-state index contributed by atoms with van der Waals surface area (Å²) in [5.41, 5.74) is 1.52. The number of hydrogen-bond donors (Lipinski definition) is 0. The molecule has 2 aromatic rings. The van der Waals surface area contributed by atoms with Gasteiger partial charge >= 0.3 is 0 Å². The highest BCUT2D eigenvalue weighted by molar-refractivity contribution is 6.33. The highest BCUT2D eigenvalue weighted by atomic mass is 35.5. The number of halogens is 1. The van der Waals surface area contributed by atoms with E-state index in [0.29, 0.717) is 16.7 Å². The average Bonchev–Trinajstić information content (AvgIpc) is 2.77. The standard InChI is InChI=1S/C12H16ClN5/c1-17-5-3-2-4-9(17)6-18-8-16-10-11(13)14-7-15-12(10)18/h7-9H,2-6H2,1H3/t9-/m0/s1. The molecule has 96 valence electrons. The van der Waals surface area contributed by atoms with Crippen LogP contribution < -0.4 is 0 Å². The maximum atomic E-state index is 6.00. The summed E-state index contributed by atoms with van der Waals surface area (Å²) in [6.45, 7) is 2.09. The molecule has 3 rings (SSSR count). The van der Waals surface area contributed by atoms with Crippen LogP contribution in [0.4, 0.5) is 0 Å². The Morgan fingerprint density at radius 1 is 1.33 bits per heavy atom. The zero-order chi connectivity index (χ0) is 12.5. The highest BCUT2D eigenvalue weighted by Gasteiger charge is 2.20. The van der Waals surface area contributed by atoms with Crippen LogP contribution in [0, 0.1) is 0 Å². The van der Waals surface area contributed by atoms with Crippen LogP contribution in [-0.2, 0) is 6.54 Å². The van der Waals surface area contributed by atoms with Gasteiger partial charge in [0.15, 0.2) is 10.8 Å². The van der Waals surface area contributed by atoms with E-state index < -0.39 is 0 Å². The summed E-state index contributed by atoms with van der Waals surface area (Å²) >= 11 is 6.00. The number of fused-ring (bicyclic) bond motifs is 1. The van der Waals surface area contributed by atoms with E-state index in [0.717, 1.165) is 12.2 Å². The van der Waals surface area contributed by atoms with Crippen molar-refractivity contribution in [3.8, 4) is 0 Å². The van der Waals surface area contributed by atoms with E-state index in [1.807, 2.05) is 6.33 Å². The lowest BCUT2D eigenvalue weighted by molar-refractivity contribution is 0.168. The van der Waals surface area contributed by atoms with Gasteiger partial charge in [0, 0.05) is 12.6 Å². The van der Waals surface area contributed by atoms with Crippen LogP contribution in [0.5, 0.6) is 0 Å². The van der Waals surface area contributed by atoms with Gasteiger partial charge in [-0.05, 0) is 26.4 Å². The normalized spacial score (nSPS) is 21.6. The van der Waals surface area contributed by atoms with Crippen molar-refractivity contribution >= 4 is 22.8 Å². The highest BCUT2D eigenvalue weighted by Crippen LogP contribution is 2.21. The minimum atomic E-state index is 0.427. The third-order valence-electron chi connectivity index (χ3n) is 3.69. The van der Waals surface area contributed by atoms with E-state index in [1.165, 1.54) is 32.1 Å². The molecule has 1 saturated heterocycles. The lowest BCUT2D eigenvalue weighted by Crippen LogP contribution is -2.39. The molecule has 0 aliphatic carbocycles. The smallest absolute Gasteiger partial charge is 0.164 e. The molecule has 0 spiro atoms. The fourth-order valence-electron chi connectivity index (χ4n) is 2.59. The SMILES string of the molecule is CN1CCCC[C@H]1Cn1cnc2c(Cl)ncnc21. The minimum absolute atomic E-state index is 0.427. The van der Waals surface area contributed by atoms with Gasteiger partial charge in [-0.15, -0.1) is 0 Å². The number of imidazole rings is 1. The largest absolute Gasteiger partial charge is 0.314 e. The maximum absolute atomic E-state index is 6.00. The van der Waals surface area contributed by atoms with Crippen molar-refractivity contribution < 1.29 is 0 Å². The van der Waals surface area contributed by atoms with Crippen molar-refractivity contribution in [1.82, 2.24) is 24.4 Å². The molecule has 1 aliphatic rings. The molecule has 5 nitrogen and oxygen atoms in total. The van der Waals surface area contributed by atoms with Gasteiger partial charge in [-0.1, -0.05) is 18.0 Å². The second-order valence-electron chi connectivity index (χ2n) is 4.86. The second-order valence-corrected chi connectivity index (χ2v) is 5.22. The molecule has 1 fully saturated rings. The van der Waals surface area contributed by atoms with Crippen molar-refractivity contribution in [3.63, 3.8) is 0 Å². The number of aromatic nitrogens is 4. The summed E-state index contributed by atoms with van der Waals surface area (Å²) in [6.07, 6.45) is 7.14. The molecule has 3 heterocycles. The van der Waals surface area contributed by atoms with Crippen LogP contribution >= 0.6 is 11.6 Å². The van der Waals surface area contributed by atoms with Crippen LogP contribution in [-0.4, -0.2) is 44.1 Å². The third-order valence-corrected chi connectivity index (χ3v) is 3.96. The first-order chi connectivity index (χ1) is 8.75. The molecule has 0 amide bonds. The van der Waals surface area contributed by atoms with Crippen molar-refractivity contribution in [2.24, 2.45) is 0 Å². The van der Waals surface area contributed by atoms with Crippen LogP contribution in [0.25, 0.3) is 11.2 Å². The van der Waals surface area contributed by atoms with Gasteiger partial charge < -0.3 is 9.47 Å². The Kier molecular flexibility index (Phi) is 3.18. The molecule has 18 heavy (non-hydrogen) atoms. The van der Waals surface area contributed by atoms with Crippen LogP contribution in [0.2, 0.25) is 5.15 Å². The van der Waals surface area contributed by atoms with Gasteiger partial charge in [-0.25, -0.2) is 15.0 Å². The number of likely N-dealkylation sites (tertiary alicyclic amines) is 1. The Hall–Kier alpha value is -1.20. The summed E-state index contributed by atoms with van der Waals surface area (Å²) in [6, 6.07) is 0.560. The molecule has 1 atom stereocenters. The first-order valence-corrected chi connectivity index (χ1v) is 6.65. The first kappa shape index (κ1) is 11.9. The molecule has 0 aromatic carbocycles. The Morgan fingerprint density at radius 3 is 3.06 bits per heavy atom. The molecule has 0 saturated carbocycles. The van der Waals surface area contributed by atoms with Gasteiger partial charge in [-0.2, -0.15) is 0 Å². The molecule has 1 aliphatic heterocycles. The lowest BCUT2D eigenvalue weighted by atomic mass is 10.0. The first-order valence-electron chi connectivity index (χ1n) is 6.27. The van der Waals surface area contributed by atoms with Crippen LogP contribution in [0.3, 0.4) is 0 Å². The van der Waals surface area contributed by atoms with Crippen molar-refractivity contribution in [1.29, 1.82) is 0 Å².